The first-order valence-electron chi connectivity index (χ1n) is 10.1. The zero-order chi connectivity index (χ0) is 21.1. The van der Waals surface area contributed by atoms with E-state index in [9.17, 15) is 4.79 Å². The van der Waals surface area contributed by atoms with Gasteiger partial charge in [0.15, 0.2) is 0 Å². The molecule has 0 bridgehead atoms. The maximum Gasteiger partial charge on any atom is 0.238 e. The van der Waals surface area contributed by atoms with Crippen LogP contribution in [0.25, 0.3) is 11.0 Å². The van der Waals surface area contributed by atoms with Gasteiger partial charge in [0.25, 0.3) is 0 Å². The number of likely N-dealkylation sites (tertiary alicyclic amines) is 1. The molecule has 0 saturated carbocycles. The first kappa shape index (κ1) is 20.2. The fourth-order valence-corrected chi connectivity index (χ4v) is 3.94. The van der Waals surface area contributed by atoms with Gasteiger partial charge in [-0.05, 0) is 49.6 Å². The molecule has 4 rings (SSSR count). The molecule has 0 aliphatic carbocycles. The van der Waals surface area contributed by atoms with E-state index in [0.29, 0.717) is 29.8 Å². The van der Waals surface area contributed by atoms with Gasteiger partial charge in [0.1, 0.15) is 17.0 Å². The summed E-state index contributed by atoms with van der Waals surface area (Å²) in [6.07, 6.45) is 1.87. The van der Waals surface area contributed by atoms with Crippen LogP contribution >= 0.6 is 0 Å². The van der Waals surface area contributed by atoms with Crippen molar-refractivity contribution in [1.82, 2.24) is 19.9 Å². The Morgan fingerprint density at radius 2 is 1.93 bits per heavy atom. The van der Waals surface area contributed by atoms with Crippen LogP contribution in [0.2, 0.25) is 0 Å². The lowest BCUT2D eigenvalue weighted by atomic mass is 10.0. The lowest BCUT2D eigenvalue weighted by molar-refractivity contribution is -0.117. The number of nitrogens with one attached hydrogen (secondary N) is 1. The Balaban J connectivity index is 1.34. The van der Waals surface area contributed by atoms with Gasteiger partial charge in [-0.2, -0.15) is 0 Å². The predicted molar refractivity (Wildman–Crippen MR) is 115 cm³/mol. The molecule has 1 saturated heterocycles. The minimum absolute atomic E-state index is 0.0569. The standard InChI is InChI=1S/C22H27N5O3/c1-15-4-7-20-19(12-15)24-25-27(20)16-8-10-26(11-9-16)14-22(28)23-18-6-5-17(29-2)13-21(18)30-3/h4-7,12-13,16H,8-11,14H2,1-3H3,(H,23,28). The fraction of sp³-hybridized carbons (Fsp3) is 0.409. The largest absolute Gasteiger partial charge is 0.497 e. The second-order valence-electron chi connectivity index (χ2n) is 7.65. The number of anilines is 1. The molecule has 8 nitrogen and oxygen atoms in total. The van der Waals surface area contributed by atoms with Gasteiger partial charge >= 0.3 is 0 Å². The number of aromatic nitrogens is 3. The average Bonchev–Trinajstić information content (AvgIpc) is 3.17. The maximum atomic E-state index is 12.6. The average molecular weight is 409 g/mol. The number of carbonyl (C=O) groups excluding carboxylic acids is 1. The number of benzene rings is 2. The quantitative estimate of drug-likeness (QED) is 0.674. The van der Waals surface area contributed by atoms with Crippen LogP contribution < -0.4 is 14.8 Å². The summed E-state index contributed by atoms with van der Waals surface area (Å²) in [5.74, 6) is 1.20. The van der Waals surface area contributed by atoms with Crippen molar-refractivity contribution < 1.29 is 14.3 Å². The van der Waals surface area contributed by atoms with Crippen LogP contribution in [0.5, 0.6) is 11.5 Å². The third kappa shape index (κ3) is 4.23. The van der Waals surface area contributed by atoms with Crippen LogP contribution in [0.4, 0.5) is 5.69 Å². The van der Waals surface area contributed by atoms with Crippen molar-refractivity contribution in [2.75, 3.05) is 39.2 Å². The maximum absolute atomic E-state index is 12.6. The van der Waals surface area contributed by atoms with Crippen molar-refractivity contribution in [2.45, 2.75) is 25.8 Å². The predicted octanol–water partition coefficient (Wildman–Crippen LogP) is 3.03. The third-order valence-corrected chi connectivity index (χ3v) is 5.58. The number of piperidine rings is 1. The van der Waals surface area contributed by atoms with Crippen LogP contribution in [0, 0.1) is 6.92 Å². The van der Waals surface area contributed by atoms with Gasteiger partial charge in [0.05, 0.1) is 38.0 Å². The Morgan fingerprint density at radius 3 is 2.67 bits per heavy atom. The molecule has 158 valence electrons. The van der Waals surface area contributed by atoms with Crippen molar-refractivity contribution in [3.05, 3.63) is 42.0 Å². The number of amides is 1. The minimum Gasteiger partial charge on any atom is -0.497 e. The van der Waals surface area contributed by atoms with Gasteiger partial charge in [-0.1, -0.05) is 11.3 Å². The fourth-order valence-electron chi connectivity index (χ4n) is 3.94. The van der Waals surface area contributed by atoms with Crippen LogP contribution in [-0.2, 0) is 4.79 Å². The lowest BCUT2D eigenvalue weighted by Gasteiger charge is -2.31. The van der Waals surface area contributed by atoms with E-state index in [4.69, 9.17) is 9.47 Å². The van der Waals surface area contributed by atoms with E-state index >= 15 is 0 Å². The number of fused-ring (bicyclic) bond motifs is 1. The smallest absolute Gasteiger partial charge is 0.238 e. The summed E-state index contributed by atoms with van der Waals surface area (Å²) in [4.78, 5) is 14.7. The number of aryl methyl sites for hydroxylation is 1. The topological polar surface area (TPSA) is 81.5 Å². The van der Waals surface area contributed by atoms with E-state index in [1.807, 2.05) is 4.68 Å². The molecule has 2 aromatic carbocycles. The van der Waals surface area contributed by atoms with Gasteiger partial charge in [0, 0.05) is 19.2 Å². The molecular formula is C22H27N5O3. The van der Waals surface area contributed by atoms with E-state index in [-0.39, 0.29) is 5.91 Å². The first-order chi connectivity index (χ1) is 14.6. The van der Waals surface area contributed by atoms with E-state index in [2.05, 4.69) is 45.7 Å². The summed E-state index contributed by atoms with van der Waals surface area (Å²) < 4.78 is 12.6. The van der Waals surface area contributed by atoms with E-state index in [1.165, 1.54) is 5.56 Å². The molecule has 1 N–H and O–H groups in total. The molecule has 1 aliphatic heterocycles. The zero-order valence-electron chi connectivity index (χ0n) is 17.6. The van der Waals surface area contributed by atoms with Gasteiger partial charge < -0.3 is 14.8 Å². The third-order valence-electron chi connectivity index (χ3n) is 5.58. The van der Waals surface area contributed by atoms with Crippen LogP contribution in [0.1, 0.15) is 24.4 Å². The summed E-state index contributed by atoms with van der Waals surface area (Å²) in [5, 5.41) is 11.6. The van der Waals surface area contributed by atoms with Crippen LogP contribution in [0.15, 0.2) is 36.4 Å². The van der Waals surface area contributed by atoms with Crippen LogP contribution in [-0.4, -0.2) is 59.7 Å². The van der Waals surface area contributed by atoms with Gasteiger partial charge in [-0.25, -0.2) is 4.68 Å². The van der Waals surface area contributed by atoms with Gasteiger partial charge in [0.2, 0.25) is 5.91 Å². The van der Waals surface area contributed by atoms with Crippen molar-refractivity contribution >= 4 is 22.6 Å². The Morgan fingerprint density at radius 1 is 1.13 bits per heavy atom. The number of ether oxygens (including phenoxy) is 2. The Bertz CT molecular complexity index is 1040. The summed E-state index contributed by atoms with van der Waals surface area (Å²) >= 11 is 0. The number of nitrogens with zero attached hydrogens (tertiary/aromatic N) is 4. The number of carbonyl (C=O) groups is 1. The lowest BCUT2D eigenvalue weighted by Crippen LogP contribution is -2.39. The summed E-state index contributed by atoms with van der Waals surface area (Å²) in [6, 6.07) is 11.9. The second-order valence-corrected chi connectivity index (χ2v) is 7.65. The van der Waals surface area contributed by atoms with Crippen LogP contribution in [0.3, 0.4) is 0 Å². The number of hydrogen-bond acceptors (Lipinski definition) is 6. The molecule has 2 heterocycles. The molecule has 1 aliphatic rings. The first-order valence-corrected chi connectivity index (χ1v) is 10.1. The SMILES string of the molecule is COc1ccc(NC(=O)CN2CCC(n3nnc4cc(C)ccc43)CC2)c(OC)c1. The molecule has 30 heavy (non-hydrogen) atoms. The molecular weight excluding hydrogens is 382 g/mol. The molecule has 8 heteroatoms. The van der Waals surface area contributed by atoms with E-state index in [0.717, 1.165) is 37.0 Å². The highest BCUT2D eigenvalue weighted by Crippen LogP contribution is 2.29. The van der Waals surface area contributed by atoms with Gasteiger partial charge in [-0.15, -0.1) is 5.10 Å². The Hall–Kier alpha value is -3.13. The van der Waals surface area contributed by atoms with Crippen molar-refractivity contribution in [3.63, 3.8) is 0 Å². The summed E-state index contributed by atoms with van der Waals surface area (Å²) in [7, 11) is 3.17. The van der Waals surface area contributed by atoms with E-state index in [1.54, 1.807) is 32.4 Å². The monoisotopic (exact) mass is 409 g/mol. The van der Waals surface area contributed by atoms with E-state index < -0.39 is 0 Å². The summed E-state index contributed by atoms with van der Waals surface area (Å²) in [6.45, 7) is 4.08. The molecule has 1 fully saturated rings. The molecule has 0 spiro atoms. The molecule has 3 aromatic rings. The minimum atomic E-state index is -0.0569. The highest BCUT2D eigenvalue weighted by molar-refractivity contribution is 5.93. The molecule has 0 radical (unpaired) electrons. The molecule has 0 atom stereocenters. The molecule has 0 unspecified atom stereocenters. The zero-order valence-corrected chi connectivity index (χ0v) is 17.6. The second kappa shape index (κ2) is 8.71. The Labute approximate surface area is 175 Å². The Kier molecular flexibility index (Phi) is 5.85. The number of hydrogen-bond donors (Lipinski definition) is 1. The number of methoxy groups -OCH3 is 2. The molecule has 1 aromatic heterocycles. The summed E-state index contributed by atoms with van der Waals surface area (Å²) in [5.41, 5.74) is 3.83. The highest BCUT2D eigenvalue weighted by Gasteiger charge is 2.24. The number of rotatable bonds is 6. The van der Waals surface area contributed by atoms with Crippen molar-refractivity contribution in [2.24, 2.45) is 0 Å². The highest BCUT2D eigenvalue weighted by atomic mass is 16.5. The van der Waals surface area contributed by atoms with Gasteiger partial charge in [-0.3, -0.25) is 9.69 Å². The molecule has 1 amide bonds. The van der Waals surface area contributed by atoms with Crippen molar-refractivity contribution in [3.8, 4) is 11.5 Å². The normalized spacial score (nSPS) is 15.3. The van der Waals surface area contributed by atoms with Crippen molar-refractivity contribution in [1.29, 1.82) is 0 Å².